The molecule has 0 aromatic carbocycles. The second kappa shape index (κ2) is 11.8. The summed E-state index contributed by atoms with van der Waals surface area (Å²) in [7, 11) is 1.70. The van der Waals surface area contributed by atoms with Crippen molar-refractivity contribution in [1.29, 1.82) is 0 Å². The van der Waals surface area contributed by atoms with Crippen LogP contribution in [0.3, 0.4) is 0 Å². The summed E-state index contributed by atoms with van der Waals surface area (Å²) in [6.45, 7) is 8.16. The summed E-state index contributed by atoms with van der Waals surface area (Å²) in [4.78, 5) is 0. The van der Waals surface area contributed by atoms with E-state index in [0.717, 1.165) is 46.0 Å². The molecule has 13 heavy (non-hydrogen) atoms. The van der Waals surface area contributed by atoms with E-state index in [2.05, 4.69) is 17.6 Å². The van der Waals surface area contributed by atoms with Crippen molar-refractivity contribution < 1.29 is 9.47 Å². The number of likely N-dealkylation sites (N-methyl/N-ethyl adjacent to an activating group) is 1. The predicted octanol–water partition coefficient (Wildman–Crippen LogP) is -0.151. The van der Waals surface area contributed by atoms with Crippen LogP contribution >= 0.6 is 0 Å². The molecular weight excluding hydrogens is 168 g/mol. The normalized spacial score (nSPS) is 10.6. The van der Waals surface area contributed by atoms with Crippen molar-refractivity contribution in [3.05, 3.63) is 0 Å². The van der Waals surface area contributed by atoms with Crippen molar-refractivity contribution in [2.45, 2.75) is 6.92 Å². The number of methoxy groups -OCH3 is 1. The van der Waals surface area contributed by atoms with Crippen molar-refractivity contribution in [3.8, 4) is 0 Å². The highest BCUT2D eigenvalue weighted by molar-refractivity contribution is 4.45. The Morgan fingerprint density at radius 2 is 1.54 bits per heavy atom. The Morgan fingerprint density at radius 3 is 2.15 bits per heavy atom. The molecule has 0 saturated carbocycles. The Hall–Kier alpha value is -0.160. The lowest BCUT2D eigenvalue weighted by Crippen LogP contribution is -2.25. The lowest BCUT2D eigenvalue weighted by Gasteiger charge is -2.05. The van der Waals surface area contributed by atoms with Crippen molar-refractivity contribution in [3.63, 3.8) is 0 Å². The Labute approximate surface area is 81.0 Å². The summed E-state index contributed by atoms with van der Waals surface area (Å²) < 4.78 is 10.2. The average molecular weight is 190 g/mol. The molecule has 0 unspecified atom stereocenters. The van der Waals surface area contributed by atoms with Gasteiger partial charge in [0, 0.05) is 26.7 Å². The number of ether oxygens (including phenoxy) is 2. The molecule has 0 amide bonds. The molecule has 4 nitrogen and oxygen atoms in total. The third-order valence-electron chi connectivity index (χ3n) is 1.58. The molecule has 0 radical (unpaired) electrons. The Kier molecular flexibility index (Phi) is 11.7. The lowest BCUT2D eigenvalue weighted by atomic mass is 10.6. The van der Waals surface area contributed by atoms with Crippen LogP contribution in [-0.2, 0) is 9.47 Å². The smallest absolute Gasteiger partial charge is 0.0591 e. The third kappa shape index (κ3) is 11.8. The van der Waals surface area contributed by atoms with Crippen molar-refractivity contribution in [2.24, 2.45) is 0 Å². The lowest BCUT2D eigenvalue weighted by molar-refractivity contribution is 0.134. The monoisotopic (exact) mass is 190 g/mol. The molecule has 2 N–H and O–H groups in total. The first-order valence-corrected chi connectivity index (χ1v) is 4.90. The van der Waals surface area contributed by atoms with Crippen molar-refractivity contribution in [2.75, 3.05) is 53.1 Å². The number of hydrogen-bond donors (Lipinski definition) is 2. The molecule has 4 heteroatoms. The standard InChI is InChI=1S/C9H22N2O2/c1-3-10-5-8-13-9-6-11-4-7-12-2/h10-11H,3-9H2,1-2H3. The molecule has 0 aliphatic carbocycles. The number of hydrogen-bond acceptors (Lipinski definition) is 4. The Bertz CT molecular complexity index is 81.7. The van der Waals surface area contributed by atoms with Gasteiger partial charge in [0.2, 0.25) is 0 Å². The minimum absolute atomic E-state index is 0.761. The Morgan fingerprint density at radius 1 is 0.923 bits per heavy atom. The summed E-state index contributed by atoms with van der Waals surface area (Å²) in [6, 6.07) is 0. The van der Waals surface area contributed by atoms with E-state index in [1.165, 1.54) is 0 Å². The van der Waals surface area contributed by atoms with Crippen LogP contribution in [0.15, 0.2) is 0 Å². The minimum Gasteiger partial charge on any atom is -0.383 e. The van der Waals surface area contributed by atoms with Gasteiger partial charge in [0.05, 0.1) is 19.8 Å². The molecule has 0 aromatic heterocycles. The fourth-order valence-corrected chi connectivity index (χ4v) is 0.867. The van der Waals surface area contributed by atoms with Crippen molar-refractivity contribution >= 4 is 0 Å². The molecule has 0 heterocycles. The molecule has 0 bridgehead atoms. The maximum absolute atomic E-state index is 5.35. The first-order valence-electron chi connectivity index (χ1n) is 4.90. The second-order valence-corrected chi connectivity index (χ2v) is 2.71. The van der Waals surface area contributed by atoms with Gasteiger partial charge in [-0.15, -0.1) is 0 Å². The summed E-state index contributed by atoms with van der Waals surface area (Å²) >= 11 is 0. The van der Waals surface area contributed by atoms with Crippen LogP contribution in [0.4, 0.5) is 0 Å². The first kappa shape index (κ1) is 12.8. The fourth-order valence-electron chi connectivity index (χ4n) is 0.867. The van der Waals surface area contributed by atoms with E-state index < -0.39 is 0 Å². The van der Waals surface area contributed by atoms with E-state index in [1.54, 1.807) is 7.11 Å². The van der Waals surface area contributed by atoms with Gasteiger partial charge in [-0.2, -0.15) is 0 Å². The van der Waals surface area contributed by atoms with Crippen LogP contribution in [0, 0.1) is 0 Å². The molecular formula is C9H22N2O2. The van der Waals surface area contributed by atoms with Gasteiger partial charge in [-0.05, 0) is 6.54 Å². The second-order valence-electron chi connectivity index (χ2n) is 2.71. The summed E-state index contributed by atoms with van der Waals surface area (Å²) in [5, 5.41) is 6.40. The predicted molar refractivity (Wildman–Crippen MR) is 54.1 cm³/mol. The van der Waals surface area contributed by atoms with Crippen LogP contribution in [0.25, 0.3) is 0 Å². The molecule has 0 atom stereocenters. The average Bonchev–Trinajstić information content (AvgIpc) is 2.16. The first-order chi connectivity index (χ1) is 6.41. The molecule has 0 aliphatic heterocycles. The largest absolute Gasteiger partial charge is 0.383 e. The minimum atomic E-state index is 0.761. The molecule has 0 rings (SSSR count). The SMILES string of the molecule is CCNCCOCCNCCOC. The van der Waals surface area contributed by atoms with Gasteiger partial charge in [0.25, 0.3) is 0 Å². The molecule has 0 aliphatic rings. The Balaban J connectivity index is 2.76. The van der Waals surface area contributed by atoms with E-state index in [0.29, 0.717) is 0 Å². The number of rotatable bonds is 10. The summed E-state index contributed by atoms with van der Waals surface area (Å²) in [5.74, 6) is 0. The quantitative estimate of drug-likeness (QED) is 0.470. The maximum Gasteiger partial charge on any atom is 0.0591 e. The third-order valence-corrected chi connectivity index (χ3v) is 1.58. The van der Waals surface area contributed by atoms with E-state index >= 15 is 0 Å². The van der Waals surface area contributed by atoms with E-state index in [4.69, 9.17) is 9.47 Å². The molecule has 0 fully saturated rings. The zero-order chi connectivity index (χ0) is 9.78. The topological polar surface area (TPSA) is 42.5 Å². The van der Waals surface area contributed by atoms with E-state index in [1.807, 2.05) is 0 Å². The molecule has 0 spiro atoms. The van der Waals surface area contributed by atoms with Gasteiger partial charge in [-0.25, -0.2) is 0 Å². The molecule has 0 saturated heterocycles. The molecule has 0 aromatic rings. The van der Waals surface area contributed by atoms with Crippen LogP contribution in [0.5, 0.6) is 0 Å². The van der Waals surface area contributed by atoms with Crippen LogP contribution in [-0.4, -0.2) is 53.1 Å². The van der Waals surface area contributed by atoms with Gasteiger partial charge in [-0.1, -0.05) is 6.92 Å². The van der Waals surface area contributed by atoms with E-state index in [-0.39, 0.29) is 0 Å². The van der Waals surface area contributed by atoms with Crippen LogP contribution < -0.4 is 10.6 Å². The number of nitrogens with one attached hydrogen (secondary N) is 2. The van der Waals surface area contributed by atoms with Gasteiger partial charge in [0.15, 0.2) is 0 Å². The maximum atomic E-state index is 5.35. The highest BCUT2D eigenvalue weighted by atomic mass is 16.5. The van der Waals surface area contributed by atoms with Crippen molar-refractivity contribution in [1.82, 2.24) is 10.6 Å². The van der Waals surface area contributed by atoms with Gasteiger partial charge in [0.1, 0.15) is 0 Å². The highest BCUT2D eigenvalue weighted by Gasteiger charge is 1.88. The van der Waals surface area contributed by atoms with Gasteiger partial charge in [-0.3, -0.25) is 0 Å². The van der Waals surface area contributed by atoms with Crippen LogP contribution in [0.2, 0.25) is 0 Å². The highest BCUT2D eigenvalue weighted by Crippen LogP contribution is 1.72. The zero-order valence-corrected chi connectivity index (χ0v) is 8.77. The van der Waals surface area contributed by atoms with Gasteiger partial charge >= 0.3 is 0 Å². The van der Waals surface area contributed by atoms with Crippen LogP contribution in [0.1, 0.15) is 6.92 Å². The fraction of sp³-hybridized carbons (Fsp3) is 1.00. The summed E-state index contributed by atoms with van der Waals surface area (Å²) in [5.41, 5.74) is 0. The summed E-state index contributed by atoms with van der Waals surface area (Å²) in [6.07, 6.45) is 0. The zero-order valence-electron chi connectivity index (χ0n) is 8.77. The molecule has 80 valence electrons. The van der Waals surface area contributed by atoms with Gasteiger partial charge < -0.3 is 20.1 Å². The van der Waals surface area contributed by atoms with E-state index in [9.17, 15) is 0 Å².